The average molecular weight is 598 g/mol. The predicted molar refractivity (Wildman–Crippen MR) is 179 cm³/mol. The molecule has 4 aromatic carbocycles. The second-order valence-corrected chi connectivity index (χ2v) is 12.2. The third-order valence-electron chi connectivity index (χ3n) is 9.21. The van der Waals surface area contributed by atoms with E-state index in [4.69, 9.17) is 15.9 Å². The third-order valence-corrected chi connectivity index (χ3v) is 9.21. The van der Waals surface area contributed by atoms with Crippen molar-refractivity contribution in [3.8, 4) is 0 Å². The summed E-state index contributed by atoms with van der Waals surface area (Å²) in [5.41, 5.74) is 10.4. The molecule has 1 aliphatic rings. The van der Waals surface area contributed by atoms with Crippen LogP contribution in [0.3, 0.4) is 0 Å². The van der Waals surface area contributed by atoms with E-state index >= 15 is 0 Å². The molecule has 1 fully saturated rings. The number of nitrogens with two attached hydrogens (primary N) is 1. The molecule has 0 spiro atoms. The molecule has 8 heteroatoms. The average Bonchev–Trinajstić information content (AvgIpc) is 3.68. The van der Waals surface area contributed by atoms with E-state index in [1.807, 2.05) is 24.4 Å². The molecule has 3 heterocycles. The topological polar surface area (TPSA) is 114 Å². The summed E-state index contributed by atoms with van der Waals surface area (Å²) in [6.45, 7) is 2.03. The Bertz CT molecular complexity index is 1910. The summed E-state index contributed by atoms with van der Waals surface area (Å²) in [7, 11) is 0. The van der Waals surface area contributed by atoms with Crippen molar-refractivity contribution in [1.29, 1.82) is 0 Å². The van der Waals surface area contributed by atoms with Crippen LogP contribution in [0.4, 0.5) is 0 Å². The van der Waals surface area contributed by atoms with Crippen molar-refractivity contribution >= 4 is 27.6 Å². The highest BCUT2D eigenvalue weighted by atomic mass is 16.2. The molecule has 0 aliphatic carbocycles. The number of hydrogen-bond acceptors (Lipinski definition) is 5. The molecule has 7 rings (SSSR count). The second-order valence-electron chi connectivity index (χ2n) is 12.2. The van der Waals surface area contributed by atoms with Crippen LogP contribution in [0.15, 0.2) is 103 Å². The van der Waals surface area contributed by atoms with Gasteiger partial charge in [-0.3, -0.25) is 4.79 Å². The number of nitrogens with zero attached hydrogens (tertiary/aromatic N) is 3. The number of para-hydroxylation sites is 1. The van der Waals surface area contributed by atoms with Gasteiger partial charge in [0.15, 0.2) is 5.82 Å². The molecule has 228 valence electrons. The third kappa shape index (κ3) is 6.12. The van der Waals surface area contributed by atoms with E-state index in [1.54, 1.807) is 0 Å². The normalized spacial score (nSPS) is 15.3. The first-order valence-electron chi connectivity index (χ1n) is 15.9. The van der Waals surface area contributed by atoms with Crippen LogP contribution in [0.25, 0.3) is 21.7 Å². The van der Waals surface area contributed by atoms with E-state index in [9.17, 15) is 4.79 Å². The molecule has 2 aromatic heterocycles. The van der Waals surface area contributed by atoms with Crippen LogP contribution in [0.5, 0.6) is 0 Å². The molecule has 5 N–H and O–H groups in total. The van der Waals surface area contributed by atoms with E-state index in [0.29, 0.717) is 25.8 Å². The fourth-order valence-electron chi connectivity index (χ4n) is 6.59. The number of aromatic amines is 1. The lowest BCUT2D eigenvalue weighted by molar-refractivity contribution is -0.128. The lowest BCUT2D eigenvalue weighted by Crippen LogP contribution is -2.59. The number of aryl methyl sites for hydroxylation is 2. The number of hydrogen-bond donors (Lipinski definition) is 4. The van der Waals surface area contributed by atoms with Gasteiger partial charge in [-0.15, -0.1) is 10.2 Å². The van der Waals surface area contributed by atoms with Crippen molar-refractivity contribution in [3.63, 3.8) is 0 Å². The van der Waals surface area contributed by atoms with Crippen LogP contribution in [-0.4, -0.2) is 44.3 Å². The van der Waals surface area contributed by atoms with Crippen molar-refractivity contribution < 1.29 is 4.79 Å². The van der Waals surface area contributed by atoms with Gasteiger partial charge in [0.1, 0.15) is 5.82 Å². The van der Waals surface area contributed by atoms with Gasteiger partial charge >= 0.3 is 0 Å². The van der Waals surface area contributed by atoms with Crippen molar-refractivity contribution in [2.45, 2.75) is 50.2 Å². The van der Waals surface area contributed by atoms with E-state index in [0.717, 1.165) is 54.0 Å². The van der Waals surface area contributed by atoms with Crippen molar-refractivity contribution in [3.05, 3.63) is 132 Å². The summed E-state index contributed by atoms with van der Waals surface area (Å²) in [6, 6.07) is 33.2. The largest absolute Gasteiger partial charge is 0.361 e. The molecular formula is C37H39N7O. The Morgan fingerprint density at radius 2 is 1.58 bits per heavy atom. The van der Waals surface area contributed by atoms with Crippen LogP contribution >= 0.6 is 0 Å². The highest BCUT2D eigenvalue weighted by Gasteiger charge is 2.37. The monoisotopic (exact) mass is 597 g/mol. The molecule has 0 bridgehead atoms. The Kier molecular flexibility index (Phi) is 8.15. The van der Waals surface area contributed by atoms with Gasteiger partial charge in [0, 0.05) is 29.9 Å². The zero-order valence-electron chi connectivity index (χ0n) is 25.4. The Morgan fingerprint density at radius 3 is 2.42 bits per heavy atom. The van der Waals surface area contributed by atoms with Gasteiger partial charge in [-0.2, -0.15) is 0 Å². The van der Waals surface area contributed by atoms with Crippen molar-refractivity contribution in [2.75, 3.05) is 13.1 Å². The number of benzene rings is 4. The number of amides is 1. The first kappa shape index (κ1) is 29.0. The van der Waals surface area contributed by atoms with Gasteiger partial charge in [0.05, 0.1) is 18.1 Å². The lowest BCUT2D eigenvalue weighted by Gasteiger charge is -2.34. The summed E-state index contributed by atoms with van der Waals surface area (Å²) in [5, 5.41) is 19.8. The Labute approximate surface area is 263 Å². The SMILES string of the molecule is NC1(C(=O)N[C@H](Cc2c[nH]c3ccccc23)c2nnc(CCc3ccccc3)n2Cc2cccc3ccccc23)CCNCC1. The number of aromatic nitrogens is 4. The molecule has 0 unspecified atom stereocenters. The van der Waals surface area contributed by atoms with Crippen LogP contribution in [0.1, 0.15) is 47.2 Å². The molecule has 6 aromatic rings. The molecule has 0 radical (unpaired) electrons. The fraction of sp³-hybridized carbons (Fsp3) is 0.270. The molecule has 45 heavy (non-hydrogen) atoms. The van der Waals surface area contributed by atoms with Gasteiger partial charge in [-0.1, -0.05) is 91.0 Å². The zero-order valence-corrected chi connectivity index (χ0v) is 25.4. The summed E-state index contributed by atoms with van der Waals surface area (Å²) in [4.78, 5) is 17.3. The number of rotatable bonds is 10. The molecule has 1 saturated heterocycles. The Morgan fingerprint density at radius 1 is 0.844 bits per heavy atom. The minimum absolute atomic E-state index is 0.139. The summed E-state index contributed by atoms with van der Waals surface area (Å²) >= 11 is 0. The number of piperidine rings is 1. The van der Waals surface area contributed by atoms with Gasteiger partial charge in [0.25, 0.3) is 0 Å². The van der Waals surface area contributed by atoms with E-state index in [2.05, 4.69) is 99.0 Å². The predicted octanol–water partition coefficient (Wildman–Crippen LogP) is 5.23. The van der Waals surface area contributed by atoms with Crippen LogP contribution in [-0.2, 0) is 30.6 Å². The maximum Gasteiger partial charge on any atom is 0.240 e. The molecule has 1 amide bonds. The molecule has 8 nitrogen and oxygen atoms in total. The highest BCUT2D eigenvalue weighted by molar-refractivity contribution is 5.87. The number of nitrogens with one attached hydrogen (secondary N) is 3. The number of H-pyrrole nitrogens is 1. The Balaban J connectivity index is 1.30. The van der Waals surface area contributed by atoms with Gasteiger partial charge < -0.3 is 25.9 Å². The minimum Gasteiger partial charge on any atom is -0.361 e. The summed E-state index contributed by atoms with van der Waals surface area (Å²) < 4.78 is 2.22. The quantitative estimate of drug-likeness (QED) is 0.173. The molecular weight excluding hydrogens is 558 g/mol. The molecule has 0 saturated carbocycles. The van der Waals surface area contributed by atoms with E-state index < -0.39 is 11.6 Å². The maximum absolute atomic E-state index is 13.9. The van der Waals surface area contributed by atoms with Crippen LogP contribution in [0, 0.1) is 0 Å². The van der Waals surface area contributed by atoms with Crippen molar-refractivity contribution in [1.82, 2.24) is 30.4 Å². The first-order valence-corrected chi connectivity index (χ1v) is 15.9. The maximum atomic E-state index is 13.9. The second kappa shape index (κ2) is 12.7. The minimum atomic E-state index is -0.930. The Hall–Kier alpha value is -4.79. The van der Waals surface area contributed by atoms with Gasteiger partial charge in [0.2, 0.25) is 5.91 Å². The smallest absolute Gasteiger partial charge is 0.240 e. The number of carbonyl (C=O) groups excluding carboxylic acids is 1. The first-order chi connectivity index (χ1) is 22.1. The number of fused-ring (bicyclic) bond motifs is 2. The molecule has 1 aliphatic heterocycles. The van der Waals surface area contributed by atoms with Crippen molar-refractivity contribution in [2.24, 2.45) is 5.73 Å². The van der Waals surface area contributed by atoms with Crippen LogP contribution < -0.4 is 16.4 Å². The van der Waals surface area contributed by atoms with E-state index in [1.165, 1.54) is 21.9 Å². The van der Waals surface area contributed by atoms with E-state index in [-0.39, 0.29) is 5.91 Å². The van der Waals surface area contributed by atoms with Gasteiger partial charge in [-0.05, 0) is 65.9 Å². The summed E-state index contributed by atoms with van der Waals surface area (Å²) in [6.07, 6.45) is 5.33. The molecule has 1 atom stereocenters. The van der Waals surface area contributed by atoms with Gasteiger partial charge in [-0.25, -0.2) is 0 Å². The highest BCUT2D eigenvalue weighted by Crippen LogP contribution is 2.28. The standard InChI is InChI=1S/C37H39N7O/c38-37(19-21-39-22-20-37)36(45)41-33(23-29-24-40-32-16-7-6-15-31(29)32)35-43-42-34(18-17-26-9-2-1-3-10-26)44(35)25-28-13-8-12-27-11-4-5-14-30(27)28/h1-16,24,33,39-40H,17-23,25,38H2,(H,41,45)/t33-/m1/s1. The fourth-order valence-corrected chi connectivity index (χ4v) is 6.59. The summed E-state index contributed by atoms with van der Waals surface area (Å²) in [5.74, 6) is 1.49. The van der Waals surface area contributed by atoms with Crippen LogP contribution in [0.2, 0.25) is 0 Å². The zero-order chi connectivity index (χ0) is 30.6. The lowest BCUT2D eigenvalue weighted by atomic mass is 9.88. The number of carbonyl (C=O) groups is 1.